The van der Waals surface area contributed by atoms with Crippen LogP contribution in [0, 0.1) is 6.92 Å². The van der Waals surface area contributed by atoms with Gasteiger partial charge >= 0.3 is 0 Å². The van der Waals surface area contributed by atoms with Gasteiger partial charge in [0, 0.05) is 61.8 Å². The van der Waals surface area contributed by atoms with Crippen molar-refractivity contribution in [2.24, 2.45) is 7.05 Å². The predicted molar refractivity (Wildman–Crippen MR) is 134 cm³/mol. The second-order valence-corrected chi connectivity index (χ2v) is 9.59. The Kier molecular flexibility index (Phi) is 7.07. The fraction of sp³-hybridized carbons (Fsp3) is 0.360. The fourth-order valence-corrected chi connectivity index (χ4v) is 5.42. The molecule has 1 N–H and O–H groups in total. The van der Waals surface area contributed by atoms with Gasteiger partial charge in [0.1, 0.15) is 0 Å². The zero-order chi connectivity index (χ0) is 23.5. The Balaban J connectivity index is 0.000000165. The summed E-state index contributed by atoms with van der Waals surface area (Å²) in [5, 5.41) is 7.47. The number of hydrogen-bond acceptors (Lipinski definition) is 6. The quantitative estimate of drug-likeness (QED) is 0.458. The van der Waals surface area contributed by atoms with Crippen molar-refractivity contribution in [1.29, 1.82) is 0 Å². The van der Waals surface area contributed by atoms with Crippen LogP contribution in [0.3, 0.4) is 0 Å². The van der Waals surface area contributed by atoms with E-state index in [-0.39, 0.29) is 0 Å². The molecule has 0 spiro atoms. The molecule has 0 saturated heterocycles. The Hall–Kier alpha value is -2.81. The van der Waals surface area contributed by atoms with Gasteiger partial charge in [0.05, 0.1) is 24.5 Å². The molecule has 0 bridgehead atoms. The van der Waals surface area contributed by atoms with Gasteiger partial charge in [-0.15, -0.1) is 0 Å². The lowest BCUT2D eigenvalue weighted by Crippen LogP contribution is -2.28. The molecule has 33 heavy (non-hydrogen) atoms. The number of nitrogens with zero attached hydrogens (tertiary/aromatic N) is 5. The van der Waals surface area contributed by atoms with Crippen molar-refractivity contribution < 1.29 is 4.79 Å². The molecule has 0 atom stereocenters. The van der Waals surface area contributed by atoms with Crippen LogP contribution < -0.4 is 10.2 Å². The minimum Gasteiger partial charge on any atom is -0.348 e. The molecule has 0 amide bonds. The van der Waals surface area contributed by atoms with Crippen molar-refractivity contribution in [3.05, 3.63) is 77.0 Å². The minimum atomic E-state index is 0.724. The molecule has 0 radical (unpaired) electrons. The first-order valence-electron chi connectivity index (χ1n) is 11.1. The zero-order valence-electron chi connectivity index (χ0n) is 19.8. The number of allylic oxidation sites excluding steroid dienone is 1. The summed E-state index contributed by atoms with van der Waals surface area (Å²) < 4.78 is 6.29. The molecule has 2 aromatic heterocycles. The number of rotatable bonds is 5. The van der Waals surface area contributed by atoms with Crippen molar-refractivity contribution >= 4 is 23.9 Å². The summed E-state index contributed by atoms with van der Waals surface area (Å²) in [6, 6.07) is 10.5. The lowest BCUT2D eigenvalue weighted by atomic mass is 10.1. The highest BCUT2D eigenvalue weighted by Gasteiger charge is 2.22. The van der Waals surface area contributed by atoms with Crippen LogP contribution in [-0.2, 0) is 33.1 Å². The minimum absolute atomic E-state index is 0.724. The van der Waals surface area contributed by atoms with Gasteiger partial charge in [0.25, 0.3) is 0 Å². The van der Waals surface area contributed by atoms with Gasteiger partial charge in [-0.05, 0) is 49.2 Å². The number of fused-ring (bicyclic) bond motifs is 2. The first-order valence-corrected chi connectivity index (χ1v) is 11.9. The highest BCUT2D eigenvalue weighted by molar-refractivity contribution is 7.97. The summed E-state index contributed by atoms with van der Waals surface area (Å²) in [6.07, 6.45) is 3.74. The van der Waals surface area contributed by atoms with Crippen molar-refractivity contribution in [3.8, 4) is 0 Å². The van der Waals surface area contributed by atoms with Crippen molar-refractivity contribution in [2.45, 2.75) is 37.9 Å². The second kappa shape index (κ2) is 9.99. The number of aldehydes is 1. The first kappa shape index (κ1) is 23.4. The molecule has 8 heteroatoms. The van der Waals surface area contributed by atoms with Gasteiger partial charge in [0.15, 0.2) is 6.29 Å². The molecule has 3 aromatic rings. The van der Waals surface area contributed by atoms with Gasteiger partial charge in [-0.2, -0.15) is 5.10 Å². The molecule has 4 heterocycles. The average molecular weight is 465 g/mol. The van der Waals surface area contributed by atoms with Gasteiger partial charge in [-0.25, -0.2) is 4.31 Å². The van der Waals surface area contributed by atoms with Crippen LogP contribution in [0.25, 0.3) is 0 Å². The van der Waals surface area contributed by atoms with Crippen LogP contribution in [-0.4, -0.2) is 45.6 Å². The number of carbonyl (C=O) groups excluding carboxylic acids is 1. The highest BCUT2D eigenvalue weighted by atomic mass is 32.2. The number of hydrogen-bond donors (Lipinski definition) is 1. The first-order chi connectivity index (χ1) is 15.9. The molecule has 7 nitrogen and oxygen atoms in total. The Bertz CT molecular complexity index is 1160. The number of nitrogens with one attached hydrogen (secondary N) is 1. The van der Waals surface area contributed by atoms with E-state index in [1.165, 1.54) is 28.2 Å². The van der Waals surface area contributed by atoms with E-state index >= 15 is 0 Å². The number of para-hydroxylation sites is 1. The molecular weight excluding hydrogens is 432 g/mol. The normalized spacial score (nSPS) is 15.2. The fourth-order valence-electron chi connectivity index (χ4n) is 4.33. The standard InChI is InChI=1S/C13H16N4OS.C12H16N2/c1-10-13(7-12(9-18)15(10)2)19-16-5-6-17-11(8-16)3-4-14-17;1-9-7-10-5-4-6-11(8-13-2)12(10)14(9)3/h3-4,7,9H,5-6,8H2,1-2H3;4-6,13H,1,7-8H2,2-3H3. The number of benzene rings is 1. The monoisotopic (exact) mass is 464 g/mol. The Labute approximate surface area is 200 Å². The van der Waals surface area contributed by atoms with E-state index in [0.29, 0.717) is 0 Å². The summed E-state index contributed by atoms with van der Waals surface area (Å²) in [4.78, 5) is 14.3. The van der Waals surface area contributed by atoms with Crippen molar-refractivity contribution in [2.75, 3.05) is 25.5 Å². The summed E-state index contributed by atoms with van der Waals surface area (Å²) in [7, 11) is 5.99. The largest absolute Gasteiger partial charge is 0.348 e. The number of likely N-dealkylation sites (N-methyl/N-ethyl adjacent to an activating group) is 1. The Morgan fingerprint density at radius 2 is 2.06 bits per heavy atom. The van der Waals surface area contributed by atoms with E-state index in [4.69, 9.17) is 0 Å². The molecular formula is C25H32N6OS. The summed E-state index contributed by atoms with van der Waals surface area (Å²) in [5.41, 5.74) is 8.36. The maximum absolute atomic E-state index is 11.0. The van der Waals surface area contributed by atoms with Crippen molar-refractivity contribution in [3.63, 3.8) is 0 Å². The van der Waals surface area contributed by atoms with E-state index in [1.807, 2.05) is 42.5 Å². The lowest BCUT2D eigenvalue weighted by Gasteiger charge is -2.26. The SMILES string of the molecule is C=C1Cc2cccc(CNC)c2N1C.Cc1c(SN2CCn3nccc3C2)cc(C=O)n1C. The van der Waals surface area contributed by atoms with Crippen LogP contribution in [0.15, 0.2) is 53.7 Å². The average Bonchev–Trinajstić information content (AvgIpc) is 3.47. The molecule has 0 aliphatic carbocycles. The second-order valence-electron chi connectivity index (χ2n) is 8.45. The van der Waals surface area contributed by atoms with Crippen LogP contribution in [0.2, 0.25) is 0 Å². The Morgan fingerprint density at radius 1 is 1.24 bits per heavy atom. The van der Waals surface area contributed by atoms with E-state index < -0.39 is 0 Å². The van der Waals surface area contributed by atoms with Gasteiger partial charge in [-0.1, -0.05) is 24.8 Å². The molecule has 2 aliphatic heterocycles. The van der Waals surface area contributed by atoms with Crippen LogP contribution in [0.1, 0.15) is 33.0 Å². The third-order valence-electron chi connectivity index (χ3n) is 6.35. The summed E-state index contributed by atoms with van der Waals surface area (Å²) in [5.74, 6) is 0. The summed E-state index contributed by atoms with van der Waals surface area (Å²) >= 11 is 1.72. The maximum atomic E-state index is 11.0. The van der Waals surface area contributed by atoms with E-state index in [0.717, 1.165) is 55.2 Å². The van der Waals surface area contributed by atoms with E-state index in [9.17, 15) is 4.79 Å². The number of aromatic nitrogens is 3. The molecule has 0 saturated carbocycles. The molecule has 0 unspecified atom stereocenters. The van der Waals surface area contributed by atoms with Gasteiger partial charge in [0.2, 0.25) is 0 Å². The molecule has 0 fully saturated rings. The number of carbonyl (C=O) groups is 1. The zero-order valence-corrected chi connectivity index (χ0v) is 20.7. The lowest BCUT2D eigenvalue weighted by molar-refractivity contribution is 0.111. The third-order valence-corrected chi connectivity index (χ3v) is 7.53. The van der Waals surface area contributed by atoms with Crippen LogP contribution in [0.5, 0.6) is 0 Å². The molecule has 1 aromatic carbocycles. The smallest absolute Gasteiger partial charge is 0.166 e. The molecule has 5 rings (SSSR count). The topological polar surface area (TPSA) is 58.3 Å². The number of anilines is 1. The molecule has 174 valence electrons. The maximum Gasteiger partial charge on any atom is 0.166 e. The van der Waals surface area contributed by atoms with Gasteiger partial charge < -0.3 is 14.8 Å². The summed E-state index contributed by atoms with van der Waals surface area (Å²) in [6.45, 7) is 9.78. The van der Waals surface area contributed by atoms with Crippen LogP contribution in [0.4, 0.5) is 5.69 Å². The predicted octanol–water partition coefficient (Wildman–Crippen LogP) is 3.78. The third kappa shape index (κ3) is 4.78. The highest BCUT2D eigenvalue weighted by Crippen LogP contribution is 2.35. The molecule has 2 aliphatic rings. The van der Waals surface area contributed by atoms with E-state index in [1.54, 1.807) is 11.9 Å². The Morgan fingerprint density at radius 3 is 2.79 bits per heavy atom. The van der Waals surface area contributed by atoms with E-state index in [2.05, 4.69) is 57.5 Å². The van der Waals surface area contributed by atoms with Crippen LogP contribution >= 0.6 is 11.9 Å². The van der Waals surface area contributed by atoms with Gasteiger partial charge in [-0.3, -0.25) is 9.48 Å². The van der Waals surface area contributed by atoms with Crippen molar-refractivity contribution in [1.82, 2.24) is 24.0 Å².